The van der Waals surface area contributed by atoms with Crippen LogP contribution in [0.15, 0.2) is 36.5 Å². The van der Waals surface area contributed by atoms with Crippen LogP contribution >= 0.6 is 0 Å². The number of hydrogen-bond acceptors (Lipinski definition) is 4. The number of aliphatic hydroxyl groups is 3. The van der Waals surface area contributed by atoms with Crippen molar-refractivity contribution in [1.82, 2.24) is 0 Å². The van der Waals surface area contributed by atoms with Crippen molar-refractivity contribution < 1.29 is 25.2 Å². The van der Waals surface area contributed by atoms with Gasteiger partial charge in [-0.15, -0.1) is 0 Å². The van der Waals surface area contributed by atoms with E-state index in [1.54, 1.807) is 13.0 Å². The van der Waals surface area contributed by atoms with Crippen molar-refractivity contribution in [3.63, 3.8) is 0 Å². The molecule has 0 bridgehead atoms. The summed E-state index contributed by atoms with van der Waals surface area (Å²) in [4.78, 5) is 10.5. The molecular formula is C22H36O5. The molecular weight excluding hydrogens is 344 g/mol. The van der Waals surface area contributed by atoms with Gasteiger partial charge in [-0.1, -0.05) is 57.1 Å². The van der Waals surface area contributed by atoms with Gasteiger partial charge in [0, 0.05) is 24.7 Å². The van der Waals surface area contributed by atoms with Gasteiger partial charge in [0.15, 0.2) is 0 Å². The summed E-state index contributed by atoms with van der Waals surface area (Å²) in [6, 6.07) is 0. The molecule has 1 rings (SSSR count). The fourth-order valence-electron chi connectivity index (χ4n) is 3.64. The number of hydrogen-bond donors (Lipinski definition) is 4. The van der Waals surface area contributed by atoms with Crippen molar-refractivity contribution in [2.24, 2.45) is 11.8 Å². The molecule has 0 aromatic heterocycles. The monoisotopic (exact) mass is 380 g/mol. The van der Waals surface area contributed by atoms with Crippen LogP contribution in [0.4, 0.5) is 0 Å². The van der Waals surface area contributed by atoms with Crippen LogP contribution in [0.2, 0.25) is 0 Å². The Bertz CT molecular complexity index is 535. The summed E-state index contributed by atoms with van der Waals surface area (Å²) < 4.78 is 0. The predicted octanol–water partition coefficient (Wildman–Crippen LogP) is 3.60. The van der Waals surface area contributed by atoms with Crippen LogP contribution in [0.3, 0.4) is 0 Å². The van der Waals surface area contributed by atoms with Crippen molar-refractivity contribution in [2.45, 2.75) is 83.0 Å². The van der Waals surface area contributed by atoms with Gasteiger partial charge in [-0.3, -0.25) is 4.79 Å². The Labute approximate surface area is 163 Å². The Morgan fingerprint density at radius 1 is 1.22 bits per heavy atom. The zero-order valence-corrected chi connectivity index (χ0v) is 16.7. The van der Waals surface area contributed by atoms with Crippen LogP contribution in [-0.4, -0.2) is 44.2 Å². The van der Waals surface area contributed by atoms with Gasteiger partial charge in [0.1, 0.15) is 0 Å². The van der Waals surface area contributed by atoms with Crippen molar-refractivity contribution in [2.75, 3.05) is 0 Å². The standard InChI is InChI=1S/C22H36O5/c1-4-5-9-13-22(3,27)14-12-17-18(23)15-19(24)21(17)16(2)10-7-6-8-11-20(25)26/h7,10,12,14,17-19,21,23-24,27H,2,4-6,8-9,11,13,15H2,1,3H3,(H,25,26)/b10-7-,14-12+/t17-,18+,19-,21+,22?/m0/s1. The van der Waals surface area contributed by atoms with E-state index in [-0.39, 0.29) is 24.7 Å². The van der Waals surface area contributed by atoms with E-state index < -0.39 is 23.8 Å². The highest BCUT2D eigenvalue weighted by Gasteiger charge is 2.41. The average molecular weight is 381 g/mol. The van der Waals surface area contributed by atoms with Gasteiger partial charge < -0.3 is 20.4 Å². The molecule has 0 amide bonds. The van der Waals surface area contributed by atoms with E-state index in [4.69, 9.17) is 5.11 Å². The number of allylic oxidation sites excluding steroid dienone is 2. The van der Waals surface area contributed by atoms with Crippen molar-refractivity contribution in [1.29, 1.82) is 0 Å². The number of carboxylic acid groups (broad SMARTS) is 1. The first-order valence-electron chi connectivity index (χ1n) is 10.0. The molecule has 0 saturated heterocycles. The molecule has 5 nitrogen and oxygen atoms in total. The summed E-state index contributed by atoms with van der Waals surface area (Å²) in [5, 5.41) is 39.9. The zero-order valence-electron chi connectivity index (χ0n) is 16.7. The molecule has 1 aliphatic carbocycles. The van der Waals surface area contributed by atoms with Gasteiger partial charge >= 0.3 is 5.97 Å². The van der Waals surface area contributed by atoms with Gasteiger partial charge in [-0.25, -0.2) is 0 Å². The van der Waals surface area contributed by atoms with E-state index in [2.05, 4.69) is 13.5 Å². The molecule has 154 valence electrons. The molecule has 4 N–H and O–H groups in total. The summed E-state index contributed by atoms with van der Waals surface area (Å²) in [5.41, 5.74) is -0.212. The van der Waals surface area contributed by atoms with Crippen LogP contribution < -0.4 is 0 Å². The van der Waals surface area contributed by atoms with E-state index >= 15 is 0 Å². The molecule has 1 unspecified atom stereocenters. The van der Waals surface area contributed by atoms with E-state index in [1.807, 2.05) is 18.2 Å². The topological polar surface area (TPSA) is 98.0 Å². The smallest absolute Gasteiger partial charge is 0.303 e. The second kappa shape index (κ2) is 11.4. The minimum Gasteiger partial charge on any atom is -0.481 e. The third-order valence-electron chi connectivity index (χ3n) is 5.24. The first-order valence-corrected chi connectivity index (χ1v) is 10.0. The van der Waals surface area contributed by atoms with Crippen molar-refractivity contribution in [3.8, 4) is 0 Å². The molecule has 0 spiro atoms. The van der Waals surface area contributed by atoms with E-state index in [1.165, 1.54) is 0 Å². The van der Waals surface area contributed by atoms with E-state index in [0.717, 1.165) is 24.8 Å². The first kappa shape index (κ1) is 23.6. The van der Waals surface area contributed by atoms with Crippen LogP contribution in [0.25, 0.3) is 0 Å². The second-order valence-corrected chi connectivity index (χ2v) is 7.91. The van der Waals surface area contributed by atoms with Crippen molar-refractivity contribution in [3.05, 3.63) is 36.5 Å². The van der Waals surface area contributed by atoms with Gasteiger partial charge in [-0.2, -0.15) is 0 Å². The summed E-state index contributed by atoms with van der Waals surface area (Å²) in [6.07, 6.45) is 11.2. The SMILES string of the molecule is C=C(/C=C\CCCC(=O)O)[C@@H]1[C@@H](/C=C/C(C)(O)CCCCC)[C@H](O)C[C@@H]1O. The molecule has 5 atom stereocenters. The van der Waals surface area contributed by atoms with Gasteiger partial charge in [0.05, 0.1) is 17.8 Å². The molecule has 0 aliphatic heterocycles. The molecule has 5 heteroatoms. The molecule has 0 heterocycles. The van der Waals surface area contributed by atoms with Gasteiger partial charge in [0.2, 0.25) is 0 Å². The number of rotatable bonds is 12. The lowest BCUT2D eigenvalue weighted by Crippen LogP contribution is -2.25. The van der Waals surface area contributed by atoms with Crippen molar-refractivity contribution >= 4 is 5.97 Å². The van der Waals surface area contributed by atoms with Crippen LogP contribution in [-0.2, 0) is 4.79 Å². The third-order valence-corrected chi connectivity index (χ3v) is 5.24. The number of carbonyl (C=O) groups is 1. The maximum Gasteiger partial charge on any atom is 0.303 e. The average Bonchev–Trinajstić information content (AvgIpc) is 2.86. The number of aliphatic hydroxyl groups excluding tert-OH is 2. The Kier molecular flexibility index (Phi) is 9.99. The largest absolute Gasteiger partial charge is 0.481 e. The Morgan fingerprint density at radius 2 is 1.93 bits per heavy atom. The normalized spacial score (nSPS) is 28.0. The maximum atomic E-state index is 10.5. The summed E-state index contributed by atoms with van der Waals surface area (Å²) in [6.45, 7) is 7.92. The van der Waals surface area contributed by atoms with E-state index in [9.17, 15) is 20.1 Å². The predicted molar refractivity (Wildman–Crippen MR) is 107 cm³/mol. The number of aliphatic carboxylic acids is 1. The Hall–Kier alpha value is -1.43. The lowest BCUT2D eigenvalue weighted by molar-refractivity contribution is -0.137. The Morgan fingerprint density at radius 3 is 2.56 bits per heavy atom. The molecule has 1 aliphatic rings. The summed E-state index contributed by atoms with van der Waals surface area (Å²) in [7, 11) is 0. The molecule has 1 fully saturated rings. The van der Waals surface area contributed by atoms with Crippen LogP contribution in [0.5, 0.6) is 0 Å². The second-order valence-electron chi connectivity index (χ2n) is 7.91. The fourth-order valence-corrected chi connectivity index (χ4v) is 3.64. The molecule has 0 aromatic carbocycles. The number of unbranched alkanes of at least 4 members (excludes halogenated alkanes) is 3. The maximum absolute atomic E-state index is 10.5. The lowest BCUT2D eigenvalue weighted by atomic mass is 9.85. The molecule has 0 aromatic rings. The lowest BCUT2D eigenvalue weighted by Gasteiger charge is -2.24. The first-order chi connectivity index (χ1) is 12.7. The molecule has 0 radical (unpaired) electrons. The van der Waals surface area contributed by atoms with Crippen LogP contribution in [0, 0.1) is 11.8 Å². The summed E-state index contributed by atoms with van der Waals surface area (Å²) >= 11 is 0. The molecule has 27 heavy (non-hydrogen) atoms. The quantitative estimate of drug-likeness (QED) is 0.236. The van der Waals surface area contributed by atoms with E-state index in [0.29, 0.717) is 19.3 Å². The fraction of sp³-hybridized carbons (Fsp3) is 0.682. The molecule has 1 saturated carbocycles. The zero-order chi connectivity index (χ0) is 20.4. The minimum absolute atomic E-state index is 0.125. The highest BCUT2D eigenvalue weighted by molar-refractivity contribution is 5.66. The highest BCUT2D eigenvalue weighted by Crippen LogP contribution is 2.39. The van der Waals surface area contributed by atoms with Crippen LogP contribution in [0.1, 0.15) is 65.2 Å². The Balaban J connectivity index is 2.70. The third kappa shape index (κ3) is 8.41. The number of carboxylic acids is 1. The van der Waals surface area contributed by atoms with Gasteiger partial charge in [0.25, 0.3) is 0 Å². The minimum atomic E-state index is -0.930. The van der Waals surface area contributed by atoms with Gasteiger partial charge in [-0.05, 0) is 31.8 Å². The summed E-state index contributed by atoms with van der Waals surface area (Å²) in [5.74, 6) is -1.42. The highest BCUT2D eigenvalue weighted by atomic mass is 16.4.